The zero-order valence-corrected chi connectivity index (χ0v) is 37.3. The highest BCUT2D eigenvalue weighted by molar-refractivity contribution is 6.15. The molecule has 0 saturated carbocycles. The van der Waals surface area contributed by atoms with Crippen molar-refractivity contribution in [3.63, 3.8) is 0 Å². The Hall–Kier alpha value is -9.59. The van der Waals surface area contributed by atoms with E-state index in [0.29, 0.717) is 23.1 Å². The summed E-state index contributed by atoms with van der Waals surface area (Å²) in [7, 11) is 0. The fourth-order valence-electron chi connectivity index (χ4n) is 10.6. The molecule has 7 heteroatoms. The first-order valence-electron chi connectivity index (χ1n) is 23.4. The van der Waals surface area contributed by atoms with Crippen molar-refractivity contribution in [1.82, 2.24) is 19.5 Å². The number of fused-ring (bicyclic) bond motifs is 12. The van der Waals surface area contributed by atoms with Crippen LogP contribution in [0.4, 0.5) is 0 Å². The molecule has 5 aromatic heterocycles. The van der Waals surface area contributed by atoms with Crippen molar-refractivity contribution >= 4 is 87.6 Å². The standard InChI is InChI=1S/C63H36N4O3/c1-3-14-37(15-4-1)61-64-62(51-24-12-21-48-45-19-8-10-27-55(45)69-59(48)51)66-63(65-61)52-25-13-23-50-49-22-11-20-42(58(49)70-60(50)52)40-30-33-47-46-32-29-39(35-56(46)68-57(47)36-40)38-28-31-44-43-18-7-9-26-53(43)67(54(44)34-38)41-16-5-2-6-17-41/h1-36H. The lowest BCUT2D eigenvalue weighted by Gasteiger charge is -2.09. The molecular formula is C63H36N4O3. The van der Waals surface area contributed by atoms with Crippen LogP contribution in [0.15, 0.2) is 232 Å². The fourth-order valence-corrected chi connectivity index (χ4v) is 10.6. The van der Waals surface area contributed by atoms with Gasteiger partial charge in [0.15, 0.2) is 17.5 Å². The maximum Gasteiger partial charge on any atom is 0.167 e. The lowest BCUT2D eigenvalue weighted by Crippen LogP contribution is -2.00. The Morgan fingerprint density at radius 3 is 1.49 bits per heavy atom. The molecule has 0 unspecified atom stereocenters. The van der Waals surface area contributed by atoms with Gasteiger partial charge in [0.05, 0.1) is 22.2 Å². The van der Waals surface area contributed by atoms with E-state index in [0.717, 1.165) is 110 Å². The van der Waals surface area contributed by atoms with Crippen molar-refractivity contribution in [2.24, 2.45) is 0 Å². The first kappa shape index (κ1) is 38.5. The van der Waals surface area contributed by atoms with Crippen LogP contribution in [0, 0.1) is 0 Å². The van der Waals surface area contributed by atoms with Gasteiger partial charge in [0, 0.05) is 59.9 Å². The topological polar surface area (TPSA) is 83.0 Å². The van der Waals surface area contributed by atoms with Crippen molar-refractivity contribution in [2.45, 2.75) is 0 Å². The Morgan fingerprint density at radius 2 is 0.757 bits per heavy atom. The molecule has 15 rings (SSSR count). The predicted octanol–water partition coefficient (Wildman–Crippen LogP) is 17.0. The summed E-state index contributed by atoms with van der Waals surface area (Å²) in [6, 6.07) is 75.7. The number of nitrogens with zero attached hydrogens (tertiary/aromatic N) is 4. The molecule has 0 N–H and O–H groups in total. The molecule has 0 aliphatic heterocycles. The van der Waals surface area contributed by atoms with Crippen LogP contribution in [-0.4, -0.2) is 19.5 Å². The summed E-state index contributed by atoms with van der Waals surface area (Å²) < 4.78 is 22.6. The molecule has 326 valence electrons. The van der Waals surface area contributed by atoms with E-state index in [1.165, 1.54) is 16.3 Å². The van der Waals surface area contributed by atoms with E-state index in [4.69, 9.17) is 28.2 Å². The van der Waals surface area contributed by atoms with E-state index >= 15 is 0 Å². The zero-order chi connectivity index (χ0) is 45.9. The van der Waals surface area contributed by atoms with Gasteiger partial charge >= 0.3 is 0 Å². The second kappa shape index (κ2) is 15.0. The van der Waals surface area contributed by atoms with Crippen LogP contribution in [0.5, 0.6) is 0 Å². The largest absolute Gasteiger partial charge is 0.456 e. The van der Waals surface area contributed by atoms with Crippen molar-refractivity contribution < 1.29 is 13.3 Å². The van der Waals surface area contributed by atoms with E-state index in [9.17, 15) is 0 Å². The van der Waals surface area contributed by atoms with E-state index in [1.54, 1.807) is 0 Å². The smallest absolute Gasteiger partial charge is 0.167 e. The molecule has 7 nitrogen and oxygen atoms in total. The summed E-state index contributed by atoms with van der Waals surface area (Å²) in [6.45, 7) is 0. The summed E-state index contributed by atoms with van der Waals surface area (Å²) in [5.41, 5.74) is 14.7. The molecule has 5 heterocycles. The lowest BCUT2D eigenvalue weighted by atomic mass is 9.99. The molecule has 0 spiro atoms. The Kier molecular flexibility index (Phi) is 8.23. The Labute approximate surface area is 399 Å². The minimum absolute atomic E-state index is 0.504. The summed E-state index contributed by atoms with van der Waals surface area (Å²) in [5.74, 6) is 1.58. The third kappa shape index (κ3) is 5.85. The molecule has 0 aliphatic carbocycles. The molecule has 0 atom stereocenters. The number of hydrogen-bond donors (Lipinski definition) is 0. The second-order valence-corrected chi connectivity index (χ2v) is 17.9. The van der Waals surface area contributed by atoms with Crippen LogP contribution in [0.3, 0.4) is 0 Å². The number of benzene rings is 10. The van der Waals surface area contributed by atoms with Gasteiger partial charge in [0.25, 0.3) is 0 Å². The summed E-state index contributed by atoms with van der Waals surface area (Å²) in [6.07, 6.45) is 0. The van der Waals surface area contributed by atoms with Gasteiger partial charge in [-0.25, -0.2) is 15.0 Å². The molecule has 10 aromatic carbocycles. The average Bonchev–Trinajstić information content (AvgIpc) is 4.19. The predicted molar refractivity (Wildman–Crippen MR) is 283 cm³/mol. The molecule has 0 aliphatic rings. The van der Waals surface area contributed by atoms with E-state index in [2.05, 4.69) is 150 Å². The van der Waals surface area contributed by atoms with Crippen LogP contribution in [0.25, 0.3) is 150 Å². The third-order valence-corrected chi connectivity index (χ3v) is 13.9. The Balaban J connectivity index is 0.840. The van der Waals surface area contributed by atoms with Gasteiger partial charge in [-0.2, -0.15) is 0 Å². The maximum absolute atomic E-state index is 7.00. The fraction of sp³-hybridized carbons (Fsp3) is 0. The Morgan fingerprint density at radius 1 is 0.271 bits per heavy atom. The number of para-hydroxylation sites is 6. The SMILES string of the molecule is c1ccc(-c2nc(-c3cccc4c3oc3ccccc34)nc(-c3cccc4c3oc3c(-c5ccc6c(c5)oc5cc(-c7ccc8c9ccccc9n(-c9ccccc9)c8c7)ccc56)cccc34)n2)cc1. The summed E-state index contributed by atoms with van der Waals surface area (Å²) in [5, 5.41) is 8.60. The number of aromatic nitrogens is 4. The molecule has 70 heavy (non-hydrogen) atoms. The highest BCUT2D eigenvalue weighted by atomic mass is 16.3. The van der Waals surface area contributed by atoms with Gasteiger partial charge in [0.1, 0.15) is 33.5 Å². The van der Waals surface area contributed by atoms with Crippen LogP contribution in [0.2, 0.25) is 0 Å². The van der Waals surface area contributed by atoms with Gasteiger partial charge in [0.2, 0.25) is 0 Å². The minimum atomic E-state index is 0.504. The number of hydrogen-bond acceptors (Lipinski definition) is 6. The molecule has 15 aromatic rings. The summed E-state index contributed by atoms with van der Waals surface area (Å²) in [4.78, 5) is 15.4. The quantitative estimate of drug-likeness (QED) is 0.165. The zero-order valence-electron chi connectivity index (χ0n) is 37.3. The van der Waals surface area contributed by atoms with Gasteiger partial charge in [-0.15, -0.1) is 0 Å². The molecule has 0 fully saturated rings. The first-order valence-corrected chi connectivity index (χ1v) is 23.4. The van der Waals surface area contributed by atoms with Gasteiger partial charge in [-0.3, -0.25) is 0 Å². The van der Waals surface area contributed by atoms with Crippen molar-refractivity contribution in [2.75, 3.05) is 0 Å². The molecule has 0 saturated heterocycles. The number of rotatable bonds is 6. The Bertz CT molecular complexity index is 4600. The van der Waals surface area contributed by atoms with Crippen LogP contribution >= 0.6 is 0 Å². The first-order chi connectivity index (χ1) is 34.7. The van der Waals surface area contributed by atoms with Crippen LogP contribution < -0.4 is 0 Å². The highest BCUT2D eigenvalue weighted by Crippen LogP contribution is 2.43. The maximum atomic E-state index is 7.00. The molecular weight excluding hydrogens is 861 g/mol. The molecule has 0 bridgehead atoms. The van der Waals surface area contributed by atoms with Crippen LogP contribution in [0.1, 0.15) is 0 Å². The van der Waals surface area contributed by atoms with E-state index in [1.807, 2.05) is 72.8 Å². The molecule has 0 amide bonds. The third-order valence-electron chi connectivity index (χ3n) is 13.9. The van der Waals surface area contributed by atoms with Gasteiger partial charge in [-0.1, -0.05) is 152 Å². The minimum Gasteiger partial charge on any atom is -0.456 e. The van der Waals surface area contributed by atoms with Crippen molar-refractivity contribution in [3.8, 4) is 62.1 Å². The van der Waals surface area contributed by atoms with E-state index in [-0.39, 0.29) is 0 Å². The monoisotopic (exact) mass is 896 g/mol. The van der Waals surface area contributed by atoms with Crippen LogP contribution in [-0.2, 0) is 0 Å². The van der Waals surface area contributed by atoms with E-state index < -0.39 is 0 Å². The molecule has 0 radical (unpaired) electrons. The van der Waals surface area contributed by atoms with Crippen molar-refractivity contribution in [1.29, 1.82) is 0 Å². The number of furan rings is 3. The van der Waals surface area contributed by atoms with Gasteiger partial charge in [-0.05, 0) is 83.4 Å². The average molecular weight is 897 g/mol. The second-order valence-electron chi connectivity index (χ2n) is 17.9. The normalized spacial score (nSPS) is 12.0. The summed E-state index contributed by atoms with van der Waals surface area (Å²) >= 11 is 0. The van der Waals surface area contributed by atoms with Crippen molar-refractivity contribution in [3.05, 3.63) is 218 Å². The van der Waals surface area contributed by atoms with Gasteiger partial charge < -0.3 is 17.8 Å². The lowest BCUT2D eigenvalue weighted by molar-refractivity contribution is 0.668. The highest BCUT2D eigenvalue weighted by Gasteiger charge is 2.22.